The lowest BCUT2D eigenvalue weighted by Crippen LogP contribution is -2.16. The lowest BCUT2D eigenvalue weighted by atomic mass is 10.0. The van der Waals surface area contributed by atoms with Crippen LogP contribution in [0.5, 0.6) is 5.75 Å². The first-order valence-electron chi connectivity index (χ1n) is 9.70. The normalized spacial score (nSPS) is 12.2. The number of hydrogen-bond donors (Lipinski definition) is 3. The van der Waals surface area contributed by atoms with Crippen molar-refractivity contribution in [3.8, 4) is 16.9 Å². The van der Waals surface area contributed by atoms with E-state index in [0.717, 1.165) is 33.8 Å². The molecular weight excluding hydrogens is 380 g/mol. The van der Waals surface area contributed by atoms with E-state index in [9.17, 15) is 9.59 Å². The number of nitrogens with one attached hydrogen (secondary N) is 2. The largest absolute Gasteiger partial charge is 0.491 e. The Morgan fingerprint density at radius 2 is 1.97 bits per heavy atom. The Balaban J connectivity index is 1.36. The van der Waals surface area contributed by atoms with E-state index in [1.165, 1.54) is 0 Å². The maximum absolute atomic E-state index is 11.6. The number of amides is 2. The molecule has 4 rings (SSSR count). The molecule has 7 heteroatoms. The van der Waals surface area contributed by atoms with E-state index in [1.807, 2.05) is 54.6 Å². The van der Waals surface area contributed by atoms with Crippen LogP contribution in [-0.4, -0.2) is 29.9 Å². The van der Waals surface area contributed by atoms with Crippen LogP contribution in [0, 0.1) is 0 Å². The molecule has 152 valence electrons. The summed E-state index contributed by atoms with van der Waals surface area (Å²) in [5, 5.41) is 6.13. The minimum absolute atomic E-state index is 0.0247. The third-order valence-corrected chi connectivity index (χ3v) is 4.83. The molecule has 2 amide bonds. The Morgan fingerprint density at radius 3 is 2.83 bits per heavy atom. The first-order valence-corrected chi connectivity index (χ1v) is 9.70. The van der Waals surface area contributed by atoms with Crippen molar-refractivity contribution in [3.05, 3.63) is 71.9 Å². The number of fused-ring (bicyclic) bond motifs is 1. The van der Waals surface area contributed by atoms with E-state index in [0.29, 0.717) is 25.3 Å². The van der Waals surface area contributed by atoms with E-state index in [2.05, 4.69) is 15.6 Å². The third kappa shape index (κ3) is 4.57. The number of aromatic nitrogens is 1. The summed E-state index contributed by atoms with van der Waals surface area (Å²) in [4.78, 5) is 27.1. The second kappa shape index (κ2) is 8.65. The van der Waals surface area contributed by atoms with Gasteiger partial charge in [-0.05, 0) is 41.0 Å². The molecule has 3 aromatic rings. The molecule has 2 heterocycles. The van der Waals surface area contributed by atoms with Crippen molar-refractivity contribution in [1.29, 1.82) is 0 Å². The van der Waals surface area contributed by atoms with Crippen molar-refractivity contribution in [3.63, 3.8) is 0 Å². The molecule has 1 aliphatic heterocycles. The molecular formula is C23H22N4O3. The van der Waals surface area contributed by atoms with E-state index in [4.69, 9.17) is 10.5 Å². The van der Waals surface area contributed by atoms with E-state index < -0.39 is 5.91 Å². The first-order chi connectivity index (χ1) is 14.6. The number of hydrogen-bond acceptors (Lipinski definition) is 5. The number of carbonyl (C=O) groups excluding carboxylic acids is 2. The molecule has 1 aromatic heterocycles. The topological polar surface area (TPSA) is 106 Å². The first kappa shape index (κ1) is 19.4. The molecule has 0 aliphatic carbocycles. The fourth-order valence-electron chi connectivity index (χ4n) is 3.42. The average molecular weight is 402 g/mol. The van der Waals surface area contributed by atoms with Crippen LogP contribution in [0.2, 0.25) is 0 Å². The lowest BCUT2D eigenvalue weighted by molar-refractivity contribution is -0.117. The molecule has 0 saturated heterocycles. The second-order valence-corrected chi connectivity index (χ2v) is 7.05. The van der Waals surface area contributed by atoms with Crippen molar-refractivity contribution in [1.82, 2.24) is 4.98 Å². The molecule has 0 radical (unpaired) electrons. The fraction of sp³-hybridized carbons (Fsp3) is 0.174. The molecule has 0 fully saturated rings. The number of rotatable bonds is 8. The summed E-state index contributed by atoms with van der Waals surface area (Å²) in [6, 6.07) is 17.2. The van der Waals surface area contributed by atoms with Crippen molar-refractivity contribution in [2.75, 3.05) is 23.8 Å². The second-order valence-electron chi connectivity index (χ2n) is 7.05. The molecule has 4 N–H and O–H groups in total. The van der Waals surface area contributed by atoms with Crippen LogP contribution in [0.25, 0.3) is 11.1 Å². The highest BCUT2D eigenvalue weighted by molar-refractivity contribution is 6.00. The molecule has 0 atom stereocenters. The van der Waals surface area contributed by atoms with Gasteiger partial charge in [-0.1, -0.05) is 30.3 Å². The molecule has 0 bridgehead atoms. The average Bonchev–Trinajstić information content (AvgIpc) is 3.11. The number of para-hydroxylation sites is 1. The van der Waals surface area contributed by atoms with Crippen molar-refractivity contribution in [2.24, 2.45) is 5.73 Å². The monoisotopic (exact) mass is 402 g/mol. The van der Waals surface area contributed by atoms with Crippen LogP contribution in [-0.2, 0) is 22.4 Å². The van der Waals surface area contributed by atoms with Crippen LogP contribution >= 0.6 is 0 Å². The molecule has 0 unspecified atom stereocenters. The van der Waals surface area contributed by atoms with Gasteiger partial charge in [-0.2, -0.15) is 0 Å². The van der Waals surface area contributed by atoms with Gasteiger partial charge in [0, 0.05) is 17.4 Å². The van der Waals surface area contributed by atoms with Gasteiger partial charge in [0.05, 0.1) is 19.4 Å². The summed E-state index contributed by atoms with van der Waals surface area (Å²) in [6.07, 6.45) is 2.32. The summed E-state index contributed by atoms with van der Waals surface area (Å²) in [5.74, 6) is 1.01. The van der Waals surface area contributed by atoms with Gasteiger partial charge < -0.3 is 21.1 Å². The number of nitrogens with zero attached hydrogens (tertiary/aromatic N) is 1. The quantitative estimate of drug-likeness (QED) is 0.503. The number of anilines is 2. The lowest BCUT2D eigenvalue weighted by Gasteiger charge is -2.12. The van der Waals surface area contributed by atoms with Crippen LogP contribution in [0.4, 0.5) is 11.5 Å². The summed E-state index contributed by atoms with van der Waals surface area (Å²) >= 11 is 0. The smallest absolute Gasteiger partial charge is 0.228 e. The van der Waals surface area contributed by atoms with E-state index >= 15 is 0 Å². The molecule has 0 spiro atoms. The van der Waals surface area contributed by atoms with Gasteiger partial charge in [-0.3, -0.25) is 9.59 Å². The van der Waals surface area contributed by atoms with Crippen LogP contribution in [0.15, 0.2) is 60.8 Å². The summed E-state index contributed by atoms with van der Waals surface area (Å²) in [6.45, 7) is 0.953. The van der Waals surface area contributed by atoms with Crippen LogP contribution < -0.4 is 21.1 Å². The molecule has 2 aromatic carbocycles. The minimum atomic E-state index is -0.392. The molecule has 0 saturated carbocycles. The highest BCUT2D eigenvalue weighted by atomic mass is 16.5. The van der Waals surface area contributed by atoms with Crippen molar-refractivity contribution in [2.45, 2.75) is 12.8 Å². The Bertz CT molecular complexity index is 1100. The maximum Gasteiger partial charge on any atom is 0.228 e. The highest BCUT2D eigenvalue weighted by Gasteiger charge is 2.17. The molecule has 30 heavy (non-hydrogen) atoms. The standard InChI is InChI=1S/C23H22N4O3/c24-21(28)12-18-3-1-2-4-20(18)30-10-9-26-22-13-16(7-8-25-22)15-5-6-17-14-23(29)27-19(17)11-15/h1-8,11,13H,9-10,12,14H2,(H2,24,28)(H,25,26)(H,27,29). The number of nitrogens with two attached hydrogens (primary N) is 1. The van der Waals surface area contributed by atoms with Crippen LogP contribution in [0.3, 0.4) is 0 Å². The fourth-order valence-corrected chi connectivity index (χ4v) is 3.42. The predicted octanol–water partition coefficient (Wildman–Crippen LogP) is 2.76. The highest BCUT2D eigenvalue weighted by Crippen LogP contribution is 2.30. The summed E-state index contributed by atoms with van der Waals surface area (Å²) < 4.78 is 5.80. The van der Waals surface area contributed by atoms with Gasteiger partial charge in [-0.25, -0.2) is 4.98 Å². The van der Waals surface area contributed by atoms with Gasteiger partial charge in [0.2, 0.25) is 11.8 Å². The Labute approximate surface area is 174 Å². The number of carbonyl (C=O) groups is 2. The molecule has 1 aliphatic rings. The summed E-state index contributed by atoms with van der Waals surface area (Å²) in [7, 11) is 0. The SMILES string of the molecule is NC(=O)Cc1ccccc1OCCNc1cc(-c2ccc3c(c2)NC(=O)C3)ccn1. The third-order valence-electron chi connectivity index (χ3n) is 4.83. The Hall–Kier alpha value is -3.87. The van der Waals surface area contributed by atoms with Gasteiger partial charge in [0.15, 0.2) is 0 Å². The van der Waals surface area contributed by atoms with Crippen molar-refractivity contribution >= 4 is 23.3 Å². The van der Waals surface area contributed by atoms with Gasteiger partial charge >= 0.3 is 0 Å². The van der Waals surface area contributed by atoms with Gasteiger partial charge in [-0.15, -0.1) is 0 Å². The number of benzene rings is 2. The summed E-state index contributed by atoms with van der Waals surface area (Å²) in [5.41, 5.74) is 9.96. The molecule has 7 nitrogen and oxygen atoms in total. The van der Waals surface area contributed by atoms with Gasteiger partial charge in [0.1, 0.15) is 18.2 Å². The van der Waals surface area contributed by atoms with E-state index in [1.54, 1.807) is 6.20 Å². The predicted molar refractivity (Wildman–Crippen MR) is 115 cm³/mol. The van der Waals surface area contributed by atoms with Gasteiger partial charge in [0.25, 0.3) is 0 Å². The number of ether oxygens (including phenoxy) is 1. The minimum Gasteiger partial charge on any atom is -0.491 e. The number of pyridine rings is 1. The van der Waals surface area contributed by atoms with Crippen LogP contribution in [0.1, 0.15) is 11.1 Å². The van der Waals surface area contributed by atoms with E-state index in [-0.39, 0.29) is 12.3 Å². The zero-order valence-electron chi connectivity index (χ0n) is 16.4. The Morgan fingerprint density at radius 1 is 1.13 bits per heavy atom. The maximum atomic E-state index is 11.6. The Kier molecular flexibility index (Phi) is 5.61. The zero-order chi connectivity index (χ0) is 20.9. The zero-order valence-corrected chi connectivity index (χ0v) is 16.4. The number of primary amides is 1. The van der Waals surface area contributed by atoms with Crippen molar-refractivity contribution < 1.29 is 14.3 Å².